The highest BCUT2D eigenvalue weighted by atomic mass is 32.2. The predicted octanol–water partition coefficient (Wildman–Crippen LogP) is 1.94. The van der Waals surface area contributed by atoms with Gasteiger partial charge in [-0.2, -0.15) is 4.31 Å². The van der Waals surface area contributed by atoms with Gasteiger partial charge in [-0.3, -0.25) is 0 Å². The van der Waals surface area contributed by atoms with Crippen LogP contribution in [0.2, 0.25) is 0 Å². The lowest BCUT2D eigenvalue weighted by Gasteiger charge is -2.31. The molecule has 21 heavy (non-hydrogen) atoms. The molecule has 6 heteroatoms. The third kappa shape index (κ3) is 2.74. The minimum atomic E-state index is -3.39. The van der Waals surface area contributed by atoms with Crippen LogP contribution in [0.25, 0.3) is 0 Å². The van der Waals surface area contributed by atoms with Crippen LogP contribution in [-0.2, 0) is 10.0 Å². The van der Waals surface area contributed by atoms with Crippen molar-refractivity contribution in [1.29, 1.82) is 0 Å². The van der Waals surface area contributed by atoms with E-state index in [1.807, 2.05) is 11.9 Å². The van der Waals surface area contributed by atoms with Crippen LogP contribution >= 0.6 is 0 Å². The minimum Gasteiger partial charge on any atom is -0.490 e. The van der Waals surface area contributed by atoms with Crippen molar-refractivity contribution in [2.24, 2.45) is 5.92 Å². The molecule has 1 fully saturated rings. The van der Waals surface area contributed by atoms with Crippen LogP contribution in [0, 0.1) is 5.92 Å². The molecule has 0 saturated carbocycles. The molecular formula is C15H22N2O3S. The fraction of sp³-hybridized carbons (Fsp3) is 0.600. The summed E-state index contributed by atoms with van der Waals surface area (Å²) in [5, 5.41) is 0. The van der Waals surface area contributed by atoms with E-state index in [4.69, 9.17) is 4.74 Å². The number of hydrogen-bond donors (Lipinski definition) is 0. The normalized spacial score (nSPS) is 21.0. The lowest BCUT2D eigenvalue weighted by atomic mass is 10.0. The Bertz CT molecular complexity index is 622. The molecule has 0 unspecified atom stereocenters. The van der Waals surface area contributed by atoms with Gasteiger partial charge in [0.05, 0.1) is 17.1 Å². The van der Waals surface area contributed by atoms with Gasteiger partial charge in [-0.1, -0.05) is 6.92 Å². The van der Waals surface area contributed by atoms with Crippen LogP contribution in [0.5, 0.6) is 5.75 Å². The maximum atomic E-state index is 12.8. The van der Waals surface area contributed by atoms with Crippen LogP contribution < -0.4 is 9.64 Å². The van der Waals surface area contributed by atoms with E-state index >= 15 is 0 Å². The Kier molecular flexibility index (Phi) is 3.84. The molecule has 0 radical (unpaired) electrons. The summed E-state index contributed by atoms with van der Waals surface area (Å²) >= 11 is 0. The molecule has 2 aliphatic heterocycles. The third-order valence-corrected chi connectivity index (χ3v) is 6.30. The number of hydrogen-bond acceptors (Lipinski definition) is 4. The topological polar surface area (TPSA) is 49.9 Å². The molecule has 0 amide bonds. The molecule has 0 atom stereocenters. The standard InChI is InChI=1S/C15H22N2O3S/c1-12-5-7-17(8-6-12)21(18,19)13-3-4-15-14(11-13)16(2)9-10-20-15/h3-4,11-12H,5-10H2,1-2H3. The summed E-state index contributed by atoms with van der Waals surface area (Å²) < 4.78 is 32.7. The van der Waals surface area contributed by atoms with E-state index in [-0.39, 0.29) is 0 Å². The first-order valence-electron chi connectivity index (χ1n) is 7.46. The Morgan fingerprint density at radius 2 is 1.90 bits per heavy atom. The first-order valence-corrected chi connectivity index (χ1v) is 8.90. The van der Waals surface area contributed by atoms with Crippen molar-refractivity contribution in [3.05, 3.63) is 18.2 Å². The Morgan fingerprint density at radius 1 is 1.19 bits per heavy atom. The van der Waals surface area contributed by atoms with Crippen LogP contribution in [0.4, 0.5) is 5.69 Å². The average molecular weight is 310 g/mol. The second-order valence-corrected chi connectivity index (χ2v) is 7.92. The molecule has 0 aromatic heterocycles. The second kappa shape index (κ2) is 5.50. The van der Waals surface area contributed by atoms with Gasteiger partial charge in [0.15, 0.2) is 0 Å². The summed E-state index contributed by atoms with van der Waals surface area (Å²) in [6.07, 6.45) is 1.88. The number of fused-ring (bicyclic) bond motifs is 1. The number of benzene rings is 1. The van der Waals surface area contributed by atoms with Gasteiger partial charge in [-0.05, 0) is 37.0 Å². The van der Waals surface area contributed by atoms with Crippen molar-refractivity contribution < 1.29 is 13.2 Å². The van der Waals surface area contributed by atoms with Crippen LogP contribution in [0.1, 0.15) is 19.8 Å². The van der Waals surface area contributed by atoms with Gasteiger partial charge in [0.1, 0.15) is 12.4 Å². The van der Waals surface area contributed by atoms with Crippen molar-refractivity contribution in [3.8, 4) is 5.75 Å². The molecule has 2 aliphatic rings. The maximum Gasteiger partial charge on any atom is 0.243 e. The molecule has 2 heterocycles. The number of ether oxygens (including phenoxy) is 1. The van der Waals surface area contributed by atoms with Gasteiger partial charge >= 0.3 is 0 Å². The zero-order valence-corrected chi connectivity index (χ0v) is 13.4. The predicted molar refractivity (Wildman–Crippen MR) is 82.4 cm³/mol. The van der Waals surface area contributed by atoms with Crippen molar-refractivity contribution in [3.63, 3.8) is 0 Å². The molecule has 116 valence electrons. The highest BCUT2D eigenvalue weighted by Crippen LogP contribution is 2.34. The van der Waals surface area contributed by atoms with Gasteiger partial charge in [0.25, 0.3) is 0 Å². The quantitative estimate of drug-likeness (QED) is 0.837. The van der Waals surface area contributed by atoms with Crippen LogP contribution in [0.15, 0.2) is 23.1 Å². The lowest BCUT2D eigenvalue weighted by Crippen LogP contribution is -2.38. The number of rotatable bonds is 2. The van der Waals surface area contributed by atoms with E-state index in [2.05, 4.69) is 6.92 Å². The smallest absolute Gasteiger partial charge is 0.243 e. The number of likely N-dealkylation sites (N-methyl/N-ethyl adjacent to an activating group) is 1. The summed E-state index contributed by atoms with van der Waals surface area (Å²) in [7, 11) is -1.43. The van der Waals surface area contributed by atoms with E-state index in [9.17, 15) is 8.42 Å². The molecular weight excluding hydrogens is 288 g/mol. The molecule has 1 aromatic carbocycles. The van der Waals surface area contributed by atoms with Gasteiger partial charge in [-0.25, -0.2) is 8.42 Å². The highest BCUT2D eigenvalue weighted by Gasteiger charge is 2.29. The molecule has 1 aromatic rings. The molecule has 0 aliphatic carbocycles. The van der Waals surface area contributed by atoms with Crippen molar-refractivity contribution in [2.45, 2.75) is 24.7 Å². The van der Waals surface area contributed by atoms with Crippen LogP contribution in [-0.4, -0.2) is 46.0 Å². The summed E-state index contributed by atoms with van der Waals surface area (Å²) in [6.45, 7) is 4.83. The van der Waals surface area contributed by atoms with E-state index in [1.54, 1.807) is 22.5 Å². The minimum absolute atomic E-state index is 0.369. The largest absolute Gasteiger partial charge is 0.490 e. The zero-order valence-electron chi connectivity index (χ0n) is 12.6. The van der Waals surface area contributed by atoms with E-state index < -0.39 is 10.0 Å². The maximum absolute atomic E-state index is 12.8. The summed E-state index contributed by atoms with van der Waals surface area (Å²) in [6, 6.07) is 5.16. The SMILES string of the molecule is CC1CCN(S(=O)(=O)c2ccc3c(c2)N(C)CCO3)CC1. The Balaban J connectivity index is 1.91. The number of anilines is 1. The Morgan fingerprint density at radius 3 is 2.62 bits per heavy atom. The number of piperidine rings is 1. The lowest BCUT2D eigenvalue weighted by molar-refractivity contribution is 0.288. The van der Waals surface area contributed by atoms with Gasteiger partial charge < -0.3 is 9.64 Å². The van der Waals surface area contributed by atoms with E-state index in [0.717, 1.165) is 30.8 Å². The fourth-order valence-corrected chi connectivity index (χ4v) is 4.36. The van der Waals surface area contributed by atoms with E-state index in [0.29, 0.717) is 30.5 Å². The average Bonchev–Trinajstić information content (AvgIpc) is 2.48. The monoisotopic (exact) mass is 310 g/mol. The summed E-state index contributed by atoms with van der Waals surface area (Å²) in [5.41, 5.74) is 0.854. The van der Waals surface area contributed by atoms with Crippen molar-refractivity contribution >= 4 is 15.7 Å². The number of nitrogens with zero attached hydrogens (tertiary/aromatic N) is 2. The Labute approximate surface area is 126 Å². The zero-order chi connectivity index (χ0) is 15.0. The van der Waals surface area contributed by atoms with Crippen molar-refractivity contribution in [1.82, 2.24) is 4.31 Å². The van der Waals surface area contributed by atoms with Crippen LogP contribution in [0.3, 0.4) is 0 Å². The van der Waals surface area contributed by atoms with Gasteiger partial charge in [-0.15, -0.1) is 0 Å². The fourth-order valence-electron chi connectivity index (χ4n) is 2.87. The molecule has 5 nitrogen and oxygen atoms in total. The van der Waals surface area contributed by atoms with Crippen molar-refractivity contribution in [2.75, 3.05) is 38.2 Å². The molecule has 0 bridgehead atoms. The van der Waals surface area contributed by atoms with Gasteiger partial charge in [0.2, 0.25) is 10.0 Å². The number of sulfonamides is 1. The Hall–Kier alpha value is -1.27. The second-order valence-electron chi connectivity index (χ2n) is 5.99. The molecule has 0 N–H and O–H groups in total. The molecule has 1 saturated heterocycles. The summed E-state index contributed by atoms with van der Waals surface area (Å²) in [5.74, 6) is 1.37. The summed E-state index contributed by atoms with van der Waals surface area (Å²) in [4.78, 5) is 2.41. The first kappa shape index (κ1) is 14.7. The molecule has 0 spiro atoms. The van der Waals surface area contributed by atoms with E-state index in [1.165, 1.54) is 0 Å². The van der Waals surface area contributed by atoms with Gasteiger partial charge in [0, 0.05) is 20.1 Å². The highest BCUT2D eigenvalue weighted by molar-refractivity contribution is 7.89. The first-order chi connectivity index (χ1) is 9.98. The third-order valence-electron chi connectivity index (χ3n) is 4.41. The molecule has 3 rings (SSSR count).